The van der Waals surface area contributed by atoms with Crippen molar-refractivity contribution in [1.29, 1.82) is 0 Å². The van der Waals surface area contributed by atoms with Gasteiger partial charge in [0.25, 0.3) is 0 Å². The predicted molar refractivity (Wildman–Crippen MR) is 176 cm³/mol. The number of carboxylic acid groups (broad SMARTS) is 1. The summed E-state index contributed by atoms with van der Waals surface area (Å²) < 4.78 is 16.9. The van der Waals surface area contributed by atoms with Crippen molar-refractivity contribution in [1.82, 2.24) is 10.6 Å². The van der Waals surface area contributed by atoms with Gasteiger partial charge in [0.1, 0.15) is 24.0 Å². The standard InChI is InChI=1S/C35H45ClN2O9/c1-20(2)16-27(39)35(44)46-28(22(4)31-32(47-31)24-10-7-6-8-11-24)12-9-13-30(40)38-26(33(41)37-19-21(3)34(42)43)18-23-14-15-29(45-5)25(36)17-23/h6-11,13-15,17,20-22,26-28,31-32,39H,12,16,18-19H2,1-5H3,(H,37,41)(H,38,40)(H,42,43)/t21-,22+,26+,27-,28-,31-,32+/m0/s1. The molecular formula is C35H45ClN2O9. The number of benzene rings is 2. The van der Waals surface area contributed by atoms with E-state index >= 15 is 0 Å². The average molecular weight is 673 g/mol. The maximum absolute atomic E-state index is 13.1. The van der Waals surface area contributed by atoms with Crippen LogP contribution in [0.2, 0.25) is 5.02 Å². The van der Waals surface area contributed by atoms with Crippen LogP contribution in [0.25, 0.3) is 0 Å². The van der Waals surface area contributed by atoms with E-state index in [1.54, 1.807) is 24.3 Å². The summed E-state index contributed by atoms with van der Waals surface area (Å²) in [5, 5.41) is 25.2. The lowest BCUT2D eigenvalue weighted by Gasteiger charge is -2.24. The number of carbonyl (C=O) groups is 4. The Labute approximate surface area is 280 Å². The summed E-state index contributed by atoms with van der Waals surface area (Å²) in [6.07, 6.45) is 0.900. The summed E-state index contributed by atoms with van der Waals surface area (Å²) in [6.45, 7) is 7.02. The van der Waals surface area contributed by atoms with E-state index in [0.717, 1.165) is 5.56 Å². The smallest absolute Gasteiger partial charge is 0.335 e. The predicted octanol–water partition coefficient (Wildman–Crippen LogP) is 4.25. The lowest BCUT2D eigenvalue weighted by atomic mass is 9.93. The second-order valence-corrected chi connectivity index (χ2v) is 12.7. The van der Waals surface area contributed by atoms with Crippen molar-refractivity contribution >= 4 is 35.4 Å². The Bertz CT molecular complexity index is 1400. The molecule has 256 valence electrons. The van der Waals surface area contributed by atoms with E-state index in [1.165, 1.54) is 20.1 Å². The Balaban J connectivity index is 1.72. The van der Waals surface area contributed by atoms with Crippen molar-refractivity contribution in [3.8, 4) is 5.75 Å². The topological polar surface area (TPSA) is 164 Å². The number of carboxylic acids is 1. The number of hydrogen-bond donors (Lipinski definition) is 4. The van der Waals surface area contributed by atoms with E-state index in [0.29, 0.717) is 16.3 Å². The number of esters is 1. The van der Waals surface area contributed by atoms with Gasteiger partial charge < -0.3 is 35.1 Å². The maximum atomic E-state index is 13.1. The zero-order chi connectivity index (χ0) is 34.7. The van der Waals surface area contributed by atoms with Crippen LogP contribution in [0.5, 0.6) is 5.75 Å². The lowest BCUT2D eigenvalue weighted by molar-refractivity contribution is -0.162. The first-order valence-electron chi connectivity index (χ1n) is 15.7. The molecule has 7 atom stereocenters. The fourth-order valence-corrected chi connectivity index (χ4v) is 5.34. The van der Waals surface area contributed by atoms with Gasteiger partial charge in [-0.2, -0.15) is 0 Å². The summed E-state index contributed by atoms with van der Waals surface area (Å²) in [6, 6.07) is 13.6. The number of nitrogens with one attached hydrogen (secondary N) is 2. The summed E-state index contributed by atoms with van der Waals surface area (Å²) in [5.74, 6) is -3.52. The minimum Gasteiger partial charge on any atom is -0.495 e. The van der Waals surface area contributed by atoms with Crippen molar-refractivity contribution in [3.05, 3.63) is 76.8 Å². The monoisotopic (exact) mass is 672 g/mol. The van der Waals surface area contributed by atoms with Crippen molar-refractivity contribution in [2.24, 2.45) is 17.8 Å². The normalized spacial score (nSPS) is 18.9. The third-order valence-corrected chi connectivity index (χ3v) is 8.22. The first-order chi connectivity index (χ1) is 22.3. The SMILES string of the molecule is COc1ccc(C[C@@H](NC(=O)C=CC[C@H](OC(=O)[C@@H](O)CC(C)C)[C@@H](C)[C@@H]2O[C@@H]2c2ccccc2)C(=O)NC[C@H](C)C(=O)O)cc1Cl. The van der Waals surface area contributed by atoms with Gasteiger partial charge in [-0.15, -0.1) is 0 Å². The highest BCUT2D eigenvalue weighted by Gasteiger charge is 2.47. The molecule has 11 nitrogen and oxygen atoms in total. The molecule has 0 unspecified atom stereocenters. The molecule has 1 saturated heterocycles. The van der Waals surface area contributed by atoms with Gasteiger partial charge in [-0.3, -0.25) is 14.4 Å². The fourth-order valence-electron chi connectivity index (χ4n) is 5.06. The second-order valence-electron chi connectivity index (χ2n) is 12.3. The third-order valence-electron chi connectivity index (χ3n) is 7.92. The number of halogens is 1. The molecule has 1 aliphatic heterocycles. The highest BCUT2D eigenvalue weighted by atomic mass is 35.5. The molecule has 1 aliphatic rings. The number of carbonyl (C=O) groups excluding carboxylic acids is 3. The van der Waals surface area contributed by atoms with Crippen LogP contribution in [0, 0.1) is 17.8 Å². The Morgan fingerprint density at radius 3 is 2.38 bits per heavy atom. The van der Waals surface area contributed by atoms with Gasteiger partial charge in [0.05, 0.1) is 24.2 Å². The van der Waals surface area contributed by atoms with Gasteiger partial charge in [-0.05, 0) is 41.7 Å². The molecule has 4 N–H and O–H groups in total. The van der Waals surface area contributed by atoms with Gasteiger partial charge in [0.15, 0.2) is 6.10 Å². The fraction of sp³-hybridized carbons (Fsp3) is 0.486. The molecule has 12 heteroatoms. The minimum absolute atomic E-state index is 0.0709. The van der Waals surface area contributed by atoms with Crippen LogP contribution < -0.4 is 15.4 Å². The van der Waals surface area contributed by atoms with Crippen LogP contribution in [0.4, 0.5) is 0 Å². The molecule has 2 aromatic rings. The largest absolute Gasteiger partial charge is 0.495 e. The molecule has 3 rings (SSSR count). The quantitative estimate of drug-likeness (QED) is 0.103. The molecule has 2 aromatic carbocycles. The molecule has 0 spiro atoms. The van der Waals surface area contributed by atoms with E-state index in [-0.39, 0.29) is 49.9 Å². The number of aliphatic carboxylic acids is 1. The number of aliphatic hydroxyl groups excluding tert-OH is 1. The molecule has 1 heterocycles. The van der Waals surface area contributed by atoms with E-state index < -0.39 is 47.9 Å². The van der Waals surface area contributed by atoms with Gasteiger partial charge in [0, 0.05) is 25.3 Å². The number of epoxide rings is 1. The number of rotatable bonds is 18. The Morgan fingerprint density at radius 2 is 1.77 bits per heavy atom. The van der Waals surface area contributed by atoms with Crippen LogP contribution in [0.1, 0.15) is 57.8 Å². The molecule has 0 aromatic heterocycles. The van der Waals surface area contributed by atoms with E-state index in [9.17, 15) is 29.4 Å². The highest BCUT2D eigenvalue weighted by Crippen LogP contribution is 2.45. The number of ether oxygens (including phenoxy) is 3. The number of methoxy groups -OCH3 is 1. The van der Waals surface area contributed by atoms with Crippen LogP contribution in [0.3, 0.4) is 0 Å². The summed E-state index contributed by atoms with van der Waals surface area (Å²) in [7, 11) is 1.48. The van der Waals surface area contributed by atoms with Crippen LogP contribution >= 0.6 is 11.6 Å². The first-order valence-corrected chi connectivity index (χ1v) is 16.1. The van der Waals surface area contributed by atoms with Crippen molar-refractivity contribution in [2.45, 2.75) is 77.4 Å². The molecule has 0 saturated carbocycles. The Hall–Kier alpha value is -3.93. The van der Waals surface area contributed by atoms with Crippen LogP contribution in [0.15, 0.2) is 60.7 Å². The molecular weight excluding hydrogens is 628 g/mol. The molecule has 0 bridgehead atoms. The summed E-state index contributed by atoms with van der Waals surface area (Å²) in [4.78, 5) is 50.2. The van der Waals surface area contributed by atoms with Gasteiger partial charge in [0.2, 0.25) is 11.8 Å². The van der Waals surface area contributed by atoms with Gasteiger partial charge >= 0.3 is 11.9 Å². The molecule has 0 aliphatic carbocycles. The average Bonchev–Trinajstić information content (AvgIpc) is 3.83. The van der Waals surface area contributed by atoms with Crippen molar-refractivity contribution in [2.75, 3.05) is 13.7 Å². The Morgan fingerprint density at radius 1 is 1.06 bits per heavy atom. The highest BCUT2D eigenvalue weighted by molar-refractivity contribution is 6.32. The van der Waals surface area contributed by atoms with E-state index in [2.05, 4.69) is 10.6 Å². The summed E-state index contributed by atoms with van der Waals surface area (Å²) >= 11 is 6.26. The number of hydrogen-bond acceptors (Lipinski definition) is 8. The van der Waals surface area contributed by atoms with Crippen molar-refractivity contribution in [3.63, 3.8) is 0 Å². The lowest BCUT2D eigenvalue weighted by Crippen LogP contribution is -2.48. The minimum atomic E-state index is -1.28. The number of aliphatic hydroxyl groups is 1. The van der Waals surface area contributed by atoms with Gasteiger partial charge in [-0.25, -0.2) is 4.79 Å². The van der Waals surface area contributed by atoms with Crippen LogP contribution in [-0.4, -0.2) is 72.0 Å². The molecule has 47 heavy (non-hydrogen) atoms. The summed E-state index contributed by atoms with van der Waals surface area (Å²) in [5.41, 5.74) is 1.65. The Kier molecular flexibility index (Phi) is 14.2. The molecule has 1 fully saturated rings. The van der Waals surface area contributed by atoms with Crippen molar-refractivity contribution < 1.29 is 43.6 Å². The maximum Gasteiger partial charge on any atom is 0.335 e. The molecule has 2 amide bonds. The zero-order valence-corrected chi connectivity index (χ0v) is 28.1. The van der Waals surface area contributed by atoms with E-state index in [1.807, 2.05) is 51.1 Å². The second kappa shape index (κ2) is 17.8. The van der Waals surface area contributed by atoms with Crippen LogP contribution in [-0.2, 0) is 35.1 Å². The third kappa shape index (κ3) is 11.7. The first kappa shape index (κ1) is 37.5. The molecule has 0 radical (unpaired) electrons. The zero-order valence-electron chi connectivity index (χ0n) is 27.4. The van der Waals surface area contributed by atoms with Gasteiger partial charge in [-0.1, -0.05) is 81.8 Å². The van der Waals surface area contributed by atoms with E-state index in [4.69, 9.17) is 25.8 Å². The number of amides is 2.